The van der Waals surface area contributed by atoms with Crippen LogP contribution in [0.25, 0.3) is 0 Å². The van der Waals surface area contributed by atoms with Gasteiger partial charge in [-0.3, -0.25) is 0 Å². The molecule has 0 heterocycles. The molecule has 19 heavy (non-hydrogen) atoms. The van der Waals surface area contributed by atoms with Crippen LogP contribution in [0, 0.1) is 0 Å². The molecule has 0 saturated carbocycles. The number of hydrogen-bond acceptors (Lipinski definition) is 4. The van der Waals surface area contributed by atoms with Gasteiger partial charge in [0.2, 0.25) is 0 Å². The molecule has 0 bridgehead atoms. The van der Waals surface area contributed by atoms with Crippen LogP contribution in [0.5, 0.6) is 5.75 Å². The molecule has 0 saturated heterocycles. The Hall–Kier alpha value is -1.10. The number of aliphatic hydroxyl groups excluding tert-OH is 1. The van der Waals surface area contributed by atoms with Gasteiger partial charge in [0, 0.05) is 6.04 Å². The lowest BCUT2D eigenvalue weighted by molar-refractivity contribution is 0.0705. The van der Waals surface area contributed by atoms with Crippen molar-refractivity contribution in [3.63, 3.8) is 0 Å². The fourth-order valence-corrected chi connectivity index (χ4v) is 1.88. The van der Waals surface area contributed by atoms with E-state index in [2.05, 4.69) is 31.3 Å². The molecule has 0 aromatic heterocycles. The Kier molecular flexibility index (Phi) is 8.21. The molecule has 0 radical (unpaired) electrons. The number of likely N-dealkylation sites (N-methyl/N-ethyl adjacent to an activating group) is 1. The number of nitrogens with one attached hydrogen (secondary N) is 1. The van der Waals surface area contributed by atoms with E-state index in [0.717, 1.165) is 18.7 Å². The Morgan fingerprint density at radius 2 is 1.89 bits per heavy atom. The van der Waals surface area contributed by atoms with Crippen molar-refractivity contribution >= 4 is 0 Å². The predicted octanol–water partition coefficient (Wildman–Crippen LogP) is 1.61. The number of aliphatic hydroxyl groups is 1. The van der Waals surface area contributed by atoms with E-state index in [1.54, 1.807) is 0 Å². The van der Waals surface area contributed by atoms with Gasteiger partial charge in [-0.15, -0.1) is 0 Å². The molecule has 2 N–H and O–H groups in total. The van der Waals surface area contributed by atoms with Crippen molar-refractivity contribution in [1.29, 1.82) is 0 Å². The lowest BCUT2D eigenvalue weighted by Gasteiger charge is -2.12. The van der Waals surface area contributed by atoms with Gasteiger partial charge in [0.05, 0.1) is 19.8 Å². The summed E-state index contributed by atoms with van der Waals surface area (Å²) in [5.74, 6) is 0.854. The van der Waals surface area contributed by atoms with Crippen LogP contribution in [-0.4, -0.2) is 44.1 Å². The highest BCUT2D eigenvalue weighted by molar-refractivity contribution is 5.27. The zero-order chi connectivity index (χ0) is 13.9. The van der Waals surface area contributed by atoms with Gasteiger partial charge in [0.25, 0.3) is 0 Å². The molecule has 0 amide bonds. The van der Waals surface area contributed by atoms with Gasteiger partial charge in [-0.25, -0.2) is 0 Å². The van der Waals surface area contributed by atoms with Crippen molar-refractivity contribution < 1.29 is 14.6 Å². The first-order chi connectivity index (χ1) is 9.26. The molecule has 1 aromatic rings. The molecular formula is C15H25NO3. The van der Waals surface area contributed by atoms with Gasteiger partial charge in [-0.05, 0) is 37.6 Å². The van der Waals surface area contributed by atoms with Crippen molar-refractivity contribution in [3.05, 3.63) is 29.8 Å². The Morgan fingerprint density at radius 1 is 1.16 bits per heavy atom. The molecule has 1 aromatic carbocycles. The lowest BCUT2D eigenvalue weighted by atomic mass is 10.1. The molecule has 0 spiro atoms. The van der Waals surface area contributed by atoms with Crippen LogP contribution >= 0.6 is 0 Å². The van der Waals surface area contributed by atoms with E-state index in [1.807, 2.05) is 12.1 Å². The van der Waals surface area contributed by atoms with E-state index >= 15 is 0 Å². The Morgan fingerprint density at radius 3 is 2.53 bits per heavy atom. The molecule has 1 atom stereocenters. The molecule has 4 heteroatoms. The standard InChI is InChI=1S/C15H25NO3/c1-3-16-13(2)12-14-4-6-15(7-5-14)19-11-10-18-9-8-17/h4-7,13,16-17H,3,8-12H2,1-2H3. The van der Waals surface area contributed by atoms with Crippen LogP contribution in [0.2, 0.25) is 0 Å². The minimum absolute atomic E-state index is 0.0542. The fourth-order valence-electron chi connectivity index (χ4n) is 1.88. The second kappa shape index (κ2) is 9.78. The van der Waals surface area contributed by atoms with E-state index in [9.17, 15) is 0 Å². The quantitative estimate of drug-likeness (QED) is 0.632. The Bertz CT molecular complexity index is 327. The molecular weight excluding hydrogens is 242 g/mol. The van der Waals surface area contributed by atoms with Gasteiger partial charge in [0.1, 0.15) is 12.4 Å². The second-order valence-corrected chi connectivity index (χ2v) is 4.49. The zero-order valence-corrected chi connectivity index (χ0v) is 11.9. The summed E-state index contributed by atoms with van der Waals surface area (Å²) in [6.45, 7) is 6.73. The summed E-state index contributed by atoms with van der Waals surface area (Å²) in [6, 6.07) is 8.65. The lowest BCUT2D eigenvalue weighted by Crippen LogP contribution is -2.27. The van der Waals surface area contributed by atoms with Crippen LogP contribution in [0.15, 0.2) is 24.3 Å². The van der Waals surface area contributed by atoms with Gasteiger partial charge in [0.15, 0.2) is 0 Å². The van der Waals surface area contributed by atoms with Crippen molar-refractivity contribution in [1.82, 2.24) is 5.32 Å². The second-order valence-electron chi connectivity index (χ2n) is 4.49. The highest BCUT2D eigenvalue weighted by Gasteiger charge is 2.02. The van der Waals surface area contributed by atoms with Crippen molar-refractivity contribution in [3.8, 4) is 5.75 Å². The Balaban J connectivity index is 2.27. The minimum Gasteiger partial charge on any atom is -0.491 e. The monoisotopic (exact) mass is 267 g/mol. The van der Waals surface area contributed by atoms with Crippen molar-refractivity contribution in [2.45, 2.75) is 26.3 Å². The third-order valence-electron chi connectivity index (χ3n) is 2.75. The summed E-state index contributed by atoms with van der Waals surface area (Å²) in [7, 11) is 0. The highest BCUT2D eigenvalue weighted by atomic mass is 16.5. The first-order valence-corrected chi connectivity index (χ1v) is 6.90. The van der Waals surface area contributed by atoms with E-state index in [0.29, 0.717) is 25.9 Å². The number of benzene rings is 1. The maximum Gasteiger partial charge on any atom is 0.119 e. The van der Waals surface area contributed by atoms with Crippen LogP contribution in [0.3, 0.4) is 0 Å². The molecule has 4 nitrogen and oxygen atoms in total. The van der Waals surface area contributed by atoms with Crippen LogP contribution in [0.1, 0.15) is 19.4 Å². The summed E-state index contributed by atoms with van der Waals surface area (Å²) < 4.78 is 10.7. The predicted molar refractivity (Wildman–Crippen MR) is 76.7 cm³/mol. The van der Waals surface area contributed by atoms with E-state index < -0.39 is 0 Å². The maximum atomic E-state index is 8.55. The average Bonchev–Trinajstić information content (AvgIpc) is 2.41. The molecule has 0 fully saturated rings. The Labute approximate surface area is 115 Å². The number of ether oxygens (including phenoxy) is 2. The normalized spacial score (nSPS) is 12.4. The van der Waals surface area contributed by atoms with Gasteiger partial charge in [-0.1, -0.05) is 19.1 Å². The molecule has 1 unspecified atom stereocenters. The summed E-state index contributed by atoms with van der Waals surface area (Å²) in [5.41, 5.74) is 1.30. The molecule has 0 aliphatic carbocycles. The van der Waals surface area contributed by atoms with Crippen LogP contribution in [0.4, 0.5) is 0 Å². The highest BCUT2D eigenvalue weighted by Crippen LogP contribution is 2.13. The third kappa shape index (κ3) is 7.15. The maximum absolute atomic E-state index is 8.55. The fraction of sp³-hybridized carbons (Fsp3) is 0.600. The number of hydrogen-bond donors (Lipinski definition) is 2. The van der Waals surface area contributed by atoms with Crippen LogP contribution < -0.4 is 10.1 Å². The van der Waals surface area contributed by atoms with E-state index in [4.69, 9.17) is 14.6 Å². The van der Waals surface area contributed by atoms with E-state index in [-0.39, 0.29) is 6.61 Å². The molecule has 1 rings (SSSR count). The first kappa shape index (κ1) is 16.0. The summed E-state index contributed by atoms with van der Waals surface area (Å²) >= 11 is 0. The minimum atomic E-state index is 0.0542. The van der Waals surface area contributed by atoms with Crippen molar-refractivity contribution in [2.75, 3.05) is 33.0 Å². The summed E-state index contributed by atoms with van der Waals surface area (Å²) in [5, 5.41) is 11.9. The first-order valence-electron chi connectivity index (χ1n) is 6.90. The third-order valence-corrected chi connectivity index (χ3v) is 2.75. The van der Waals surface area contributed by atoms with Crippen LogP contribution in [-0.2, 0) is 11.2 Å². The molecule has 108 valence electrons. The molecule has 0 aliphatic heterocycles. The summed E-state index contributed by atoms with van der Waals surface area (Å²) in [6.07, 6.45) is 1.02. The number of rotatable bonds is 10. The summed E-state index contributed by atoms with van der Waals surface area (Å²) in [4.78, 5) is 0. The van der Waals surface area contributed by atoms with Crippen molar-refractivity contribution in [2.24, 2.45) is 0 Å². The van der Waals surface area contributed by atoms with Gasteiger partial charge in [-0.2, -0.15) is 0 Å². The molecule has 0 aliphatic rings. The van der Waals surface area contributed by atoms with Gasteiger partial charge < -0.3 is 19.9 Å². The average molecular weight is 267 g/mol. The smallest absolute Gasteiger partial charge is 0.119 e. The van der Waals surface area contributed by atoms with E-state index in [1.165, 1.54) is 5.56 Å². The topological polar surface area (TPSA) is 50.7 Å². The SMILES string of the molecule is CCNC(C)Cc1ccc(OCCOCCO)cc1. The zero-order valence-electron chi connectivity index (χ0n) is 11.9. The largest absolute Gasteiger partial charge is 0.491 e. The van der Waals surface area contributed by atoms with Gasteiger partial charge >= 0.3 is 0 Å².